The van der Waals surface area contributed by atoms with Gasteiger partial charge in [0.05, 0.1) is 11.4 Å². The van der Waals surface area contributed by atoms with Crippen LogP contribution in [0.15, 0.2) is 12.1 Å². The highest BCUT2D eigenvalue weighted by atomic mass is 15.2. The molecule has 112 valence electrons. The van der Waals surface area contributed by atoms with Crippen LogP contribution in [0.1, 0.15) is 45.0 Å². The second kappa shape index (κ2) is 6.57. The zero-order valence-corrected chi connectivity index (χ0v) is 13.6. The van der Waals surface area contributed by atoms with Crippen LogP contribution in [0.5, 0.6) is 0 Å². The van der Waals surface area contributed by atoms with E-state index in [4.69, 9.17) is 0 Å². The number of piperazine rings is 1. The van der Waals surface area contributed by atoms with Gasteiger partial charge in [0, 0.05) is 30.9 Å². The molecule has 1 fully saturated rings. The van der Waals surface area contributed by atoms with Gasteiger partial charge < -0.3 is 10.2 Å². The fraction of sp³-hybridized carbons (Fsp3) is 0.706. The van der Waals surface area contributed by atoms with Gasteiger partial charge in [-0.3, -0.25) is 4.98 Å². The number of nitrogens with one attached hydrogen (secondary N) is 1. The van der Waals surface area contributed by atoms with Crippen LogP contribution in [-0.4, -0.2) is 30.2 Å². The van der Waals surface area contributed by atoms with E-state index < -0.39 is 0 Å². The molecule has 0 aliphatic carbocycles. The highest BCUT2D eigenvalue weighted by Crippen LogP contribution is 2.25. The number of aryl methyl sites for hydroxylation is 2. The van der Waals surface area contributed by atoms with Gasteiger partial charge in [0.15, 0.2) is 0 Å². The van der Waals surface area contributed by atoms with Crippen LogP contribution in [0.25, 0.3) is 0 Å². The van der Waals surface area contributed by atoms with Crippen LogP contribution in [-0.2, 0) is 0 Å². The van der Waals surface area contributed by atoms with Crippen molar-refractivity contribution in [2.75, 3.05) is 18.0 Å². The third-order valence-corrected chi connectivity index (χ3v) is 4.23. The Labute approximate surface area is 123 Å². The molecule has 2 atom stereocenters. The van der Waals surface area contributed by atoms with Crippen LogP contribution in [0, 0.1) is 19.8 Å². The fourth-order valence-electron chi connectivity index (χ4n) is 3.23. The predicted molar refractivity (Wildman–Crippen MR) is 86.4 cm³/mol. The van der Waals surface area contributed by atoms with Crippen molar-refractivity contribution in [3.05, 3.63) is 23.5 Å². The Morgan fingerprint density at radius 1 is 1.35 bits per heavy atom. The van der Waals surface area contributed by atoms with E-state index in [1.165, 1.54) is 18.5 Å². The monoisotopic (exact) mass is 275 g/mol. The Morgan fingerprint density at radius 3 is 2.70 bits per heavy atom. The molecule has 1 N–H and O–H groups in total. The number of pyridine rings is 1. The van der Waals surface area contributed by atoms with Crippen LogP contribution in [0.4, 0.5) is 5.69 Å². The van der Waals surface area contributed by atoms with Crippen LogP contribution in [0.2, 0.25) is 0 Å². The van der Waals surface area contributed by atoms with Gasteiger partial charge in [0.2, 0.25) is 0 Å². The van der Waals surface area contributed by atoms with Gasteiger partial charge in [-0.1, -0.05) is 20.8 Å². The third kappa shape index (κ3) is 3.51. The van der Waals surface area contributed by atoms with Crippen molar-refractivity contribution in [3.63, 3.8) is 0 Å². The second-order valence-electron chi connectivity index (χ2n) is 6.51. The second-order valence-corrected chi connectivity index (χ2v) is 6.51. The van der Waals surface area contributed by atoms with Gasteiger partial charge in [-0.25, -0.2) is 0 Å². The van der Waals surface area contributed by atoms with E-state index >= 15 is 0 Å². The van der Waals surface area contributed by atoms with E-state index in [9.17, 15) is 0 Å². The largest absolute Gasteiger partial charge is 0.364 e. The van der Waals surface area contributed by atoms with Gasteiger partial charge in [-0.2, -0.15) is 0 Å². The molecule has 0 radical (unpaired) electrons. The molecule has 2 unspecified atom stereocenters. The first-order chi connectivity index (χ1) is 9.51. The Morgan fingerprint density at radius 2 is 2.10 bits per heavy atom. The maximum absolute atomic E-state index is 4.64. The van der Waals surface area contributed by atoms with E-state index in [2.05, 4.69) is 62.0 Å². The number of hydrogen-bond donors (Lipinski definition) is 1. The topological polar surface area (TPSA) is 28.2 Å². The standard InChI is InChI=1S/C17H29N3/c1-6-16-10-18-15(9-12(2)3)11-20(16)17-8-7-13(4)19-14(17)5/h7-8,12,15-16,18H,6,9-11H2,1-5H3. The summed E-state index contributed by atoms with van der Waals surface area (Å²) in [5.74, 6) is 0.741. The molecule has 1 aliphatic heterocycles. The predicted octanol–water partition coefficient (Wildman–Crippen LogP) is 3.30. The van der Waals surface area contributed by atoms with E-state index in [1.807, 2.05) is 0 Å². The third-order valence-electron chi connectivity index (χ3n) is 4.23. The summed E-state index contributed by atoms with van der Waals surface area (Å²) in [6.07, 6.45) is 2.42. The van der Waals surface area contributed by atoms with Crippen molar-refractivity contribution < 1.29 is 0 Å². The zero-order chi connectivity index (χ0) is 14.7. The number of anilines is 1. The van der Waals surface area contributed by atoms with E-state index in [0.29, 0.717) is 12.1 Å². The first-order valence-corrected chi connectivity index (χ1v) is 7.95. The van der Waals surface area contributed by atoms with Crippen molar-refractivity contribution in [2.24, 2.45) is 5.92 Å². The molecular formula is C17H29N3. The summed E-state index contributed by atoms with van der Waals surface area (Å²) >= 11 is 0. The molecule has 2 heterocycles. The smallest absolute Gasteiger partial charge is 0.0609 e. The number of aromatic nitrogens is 1. The zero-order valence-electron chi connectivity index (χ0n) is 13.6. The minimum absolute atomic E-state index is 0.585. The molecule has 1 saturated heterocycles. The molecular weight excluding hydrogens is 246 g/mol. The van der Waals surface area contributed by atoms with Gasteiger partial charge in [-0.15, -0.1) is 0 Å². The van der Waals surface area contributed by atoms with Gasteiger partial charge >= 0.3 is 0 Å². The highest BCUT2D eigenvalue weighted by Gasteiger charge is 2.28. The molecule has 20 heavy (non-hydrogen) atoms. The maximum Gasteiger partial charge on any atom is 0.0609 e. The molecule has 1 aromatic heterocycles. The molecule has 3 heteroatoms. The molecule has 0 amide bonds. The van der Waals surface area contributed by atoms with Crippen molar-refractivity contribution >= 4 is 5.69 Å². The molecule has 0 spiro atoms. The summed E-state index contributed by atoms with van der Waals surface area (Å²) in [6.45, 7) is 13.3. The van der Waals surface area contributed by atoms with Crippen LogP contribution >= 0.6 is 0 Å². The number of nitrogens with zero attached hydrogens (tertiary/aromatic N) is 2. The summed E-state index contributed by atoms with van der Waals surface area (Å²) in [4.78, 5) is 7.22. The molecule has 3 nitrogen and oxygen atoms in total. The lowest BCUT2D eigenvalue weighted by Gasteiger charge is -2.42. The summed E-state index contributed by atoms with van der Waals surface area (Å²) in [5, 5.41) is 3.72. The quantitative estimate of drug-likeness (QED) is 0.914. The van der Waals surface area contributed by atoms with Gasteiger partial charge in [-0.05, 0) is 44.7 Å². The minimum atomic E-state index is 0.585. The molecule has 1 aromatic rings. The summed E-state index contributed by atoms with van der Waals surface area (Å²) < 4.78 is 0. The average molecular weight is 275 g/mol. The Balaban J connectivity index is 2.20. The van der Waals surface area contributed by atoms with Crippen LogP contribution < -0.4 is 10.2 Å². The Bertz CT molecular complexity index is 442. The molecule has 0 bridgehead atoms. The average Bonchev–Trinajstić information content (AvgIpc) is 2.38. The first-order valence-electron chi connectivity index (χ1n) is 7.95. The fourth-order valence-corrected chi connectivity index (χ4v) is 3.23. The van der Waals surface area contributed by atoms with Crippen molar-refractivity contribution in [1.82, 2.24) is 10.3 Å². The lowest BCUT2D eigenvalue weighted by molar-refractivity contribution is 0.343. The lowest BCUT2D eigenvalue weighted by atomic mass is 9.98. The molecule has 0 aromatic carbocycles. The molecule has 1 aliphatic rings. The van der Waals surface area contributed by atoms with Crippen molar-refractivity contribution in [2.45, 2.75) is 59.5 Å². The summed E-state index contributed by atoms with van der Waals surface area (Å²) in [7, 11) is 0. The Kier molecular flexibility index (Phi) is 5.03. The van der Waals surface area contributed by atoms with Gasteiger partial charge in [0.25, 0.3) is 0 Å². The van der Waals surface area contributed by atoms with E-state index in [0.717, 1.165) is 30.4 Å². The van der Waals surface area contributed by atoms with E-state index in [1.54, 1.807) is 0 Å². The highest BCUT2D eigenvalue weighted by molar-refractivity contribution is 5.52. The van der Waals surface area contributed by atoms with E-state index in [-0.39, 0.29) is 0 Å². The first kappa shape index (κ1) is 15.3. The SMILES string of the molecule is CCC1CNC(CC(C)C)CN1c1ccc(C)nc1C. The number of rotatable bonds is 4. The Hall–Kier alpha value is -1.09. The molecule has 0 saturated carbocycles. The molecule has 2 rings (SSSR count). The maximum atomic E-state index is 4.64. The summed E-state index contributed by atoms with van der Waals surface area (Å²) in [5.41, 5.74) is 3.58. The van der Waals surface area contributed by atoms with Crippen LogP contribution in [0.3, 0.4) is 0 Å². The lowest BCUT2D eigenvalue weighted by Crippen LogP contribution is -2.57. The minimum Gasteiger partial charge on any atom is -0.364 e. The normalized spacial score (nSPS) is 23.4. The summed E-state index contributed by atoms with van der Waals surface area (Å²) in [6, 6.07) is 5.56. The number of hydrogen-bond acceptors (Lipinski definition) is 3. The van der Waals surface area contributed by atoms with Crippen molar-refractivity contribution in [1.29, 1.82) is 0 Å². The van der Waals surface area contributed by atoms with Gasteiger partial charge in [0.1, 0.15) is 0 Å². The van der Waals surface area contributed by atoms with Crippen molar-refractivity contribution in [3.8, 4) is 0 Å².